The van der Waals surface area contributed by atoms with Crippen LogP contribution in [0.2, 0.25) is 0 Å². The molecule has 0 saturated carbocycles. The molecule has 1 fully saturated rings. The number of aliphatic hydroxyl groups excluding tert-OH is 1. The van der Waals surface area contributed by atoms with Gasteiger partial charge >= 0.3 is 0 Å². The minimum absolute atomic E-state index is 0.102. The summed E-state index contributed by atoms with van der Waals surface area (Å²) in [6.45, 7) is 10.4. The summed E-state index contributed by atoms with van der Waals surface area (Å²) in [5.74, 6) is 1.15. The second kappa shape index (κ2) is 15.0. The Bertz CT molecular complexity index is 1000. The molecule has 216 valence electrons. The fourth-order valence-corrected chi connectivity index (χ4v) is 5.28. The van der Waals surface area contributed by atoms with Crippen LogP contribution in [0.25, 0.3) is 0 Å². The van der Waals surface area contributed by atoms with Gasteiger partial charge in [0.25, 0.3) is 0 Å². The summed E-state index contributed by atoms with van der Waals surface area (Å²) in [6, 6.07) is 14.7. The van der Waals surface area contributed by atoms with Crippen LogP contribution in [0.15, 0.2) is 42.5 Å². The number of β-amino-alcohol motifs (C(OH)–C–C–N with tert-alkyl or cyclic N) is 1. The highest BCUT2D eigenvalue weighted by Crippen LogP contribution is 2.34. The molecule has 2 aromatic rings. The molecule has 0 aliphatic carbocycles. The molecule has 0 amide bonds. The molecule has 2 aliphatic heterocycles. The molecule has 0 aromatic heterocycles. The molecule has 2 aliphatic rings. The number of ether oxygens (including phenoxy) is 5. The largest absolute Gasteiger partial charge is 0.490 e. The number of nitrogens with one attached hydrogen (secondary N) is 1. The average molecular weight is 543 g/mol. The van der Waals surface area contributed by atoms with Crippen LogP contribution < -0.4 is 15.0 Å². The fraction of sp³-hybridized carbons (Fsp3) is 0.613. The van der Waals surface area contributed by atoms with Gasteiger partial charge in [-0.2, -0.15) is 0 Å². The molecule has 8 heteroatoms. The van der Waals surface area contributed by atoms with Crippen LogP contribution in [0.5, 0.6) is 5.75 Å². The summed E-state index contributed by atoms with van der Waals surface area (Å²) in [5, 5.41) is 14.2. The Kier molecular flexibility index (Phi) is 11.4. The minimum Gasteiger partial charge on any atom is -0.490 e. The van der Waals surface area contributed by atoms with Gasteiger partial charge in [-0.05, 0) is 42.2 Å². The van der Waals surface area contributed by atoms with E-state index in [1.54, 1.807) is 14.2 Å². The summed E-state index contributed by atoms with van der Waals surface area (Å²) in [5.41, 5.74) is 4.41. The molecule has 0 bridgehead atoms. The van der Waals surface area contributed by atoms with Crippen molar-refractivity contribution in [3.8, 4) is 5.75 Å². The maximum atomic E-state index is 10.9. The lowest BCUT2D eigenvalue weighted by Gasteiger charge is -2.36. The van der Waals surface area contributed by atoms with Crippen LogP contribution in [-0.2, 0) is 32.2 Å². The first kappa shape index (κ1) is 29.8. The predicted octanol–water partition coefficient (Wildman–Crippen LogP) is 3.74. The summed E-state index contributed by atoms with van der Waals surface area (Å²) < 4.78 is 28.9. The highest BCUT2D eigenvalue weighted by molar-refractivity contribution is 5.61. The summed E-state index contributed by atoms with van der Waals surface area (Å²) in [6.07, 6.45) is 0.481. The van der Waals surface area contributed by atoms with Crippen molar-refractivity contribution in [3.05, 3.63) is 59.2 Å². The number of piperidine rings is 1. The number of benzene rings is 2. The molecule has 2 aromatic carbocycles. The normalized spacial score (nSPS) is 22.7. The Morgan fingerprint density at radius 1 is 1.05 bits per heavy atom. The number of fused-ring (bicyclic) bond motifs is 1. The monoisotopic (exact) mass is 542 g/mol. The third-order valence-corrected chi connectivity index (χ3v) is 7.92. The maximum Gasteiger partial charge on any atom is 0.142 e. The van der Waals surface area contributed by atoms with Crippen molar-refractivity contribution < 1.29 is 28.8 Å². The summed E-state index contributed by atoms with van der Waals surface area (Å²) in [7, 11) is 3.47. The molecule has 8 nitrogen and oxygen atoms in total. The van der Waals surface area contributed by atoms with Gasteiger partial charge in [-0.3, -0.25) is 0 Å². The van der Waals surface area contributed by atoms with Crippen molar-refractivity contribution >= 4 is 5.69 Å². The number of anilines is 1. The molecular formula is C31H46N2O6. The first-order chi connectivity index (χ1) is 19.0. The van der Waals surface area contributed by atoms with Crippen molar-refractivity contribution in [1.82, 2.24) is 5.32 Å². The zero-order chi connectivity index (χ0) is 27.6. The van der Waals surface area contributed by atoms with Crippen molar-refractivity contribution in [3.63, 3.8) is 0 Å². The lowest BCUT2D eigenvalue weighted by molar-refractivity contribution is -0.0328. The van der Waals surface area contributed by atoms with E-state index in [-0.39, 0.29) is 18.1 Å². The molecule has 4 rings (SSSR count). The van der Waals surface area contributed by atoms with E-state index in [1.165, 1.54) is 0 Å². The van der Waals surface area contributed by atoms with Gasteiger partial charge in [0, 0.05) is 52.3 Å². The molecule has 5 atom stereocenters. The third kappa shape index (κ3) is 8.16. The van der Waals surface area contributed by atoms with E-state index in [0.717, 1.165) is 54.2 Å². The predicted molar refractivity (Wildman–Crippen MR) is 153 cm³/mol. The van der Waals surface area contributed by atoms with Gasteiger partial charge in [0.1, 0.15) is 12.4 Å². The summed E-state index contributed by atoms with van der Waals surface area (Å²) >= 11 is 0. The standard InChI is InChI=1S/C31H46N2O6/c1-22(23(2)36-4)19-37-20-24-6-9-26(10-7-24)31-28(34)17-32-18-30(31)39-21-25-8-11-29-27(16-25)33(13-15-38-29)12-5-14-35-3/h6-11,16,22-23,28,30-32,34H,5,12-15,17-21H2,1-4H3/t22-,23+,28-,30+,31+/m1/s1. The number of methoxy groups -OCH3 is 2. The van der Waals surface area contributed by atoms with Crippen molar-refractivity contribution in [2.75, 3.05) is 65.1 Å². The van der Waals surface area contributed by atoms with Crippen molar-refractivity contribution in [2.24, 2.45) is 5.92 Å². The first-order valence-corrected chi connectivity index (χ1v) is 14.2. The highest BCUT2D eigenvalue weighted by atomic mass is 16.5. The Balaban J connectivity index is 1.36. The smallest absolute Gasteiger partial charge is 0.142 e. The zero-order valence-electron chi connectivity index (χ0n) is 23.9. The number of aliphatic hydroxyl groups is 1. The highest BCUT2D eigenvalue weighted by Gasteiger charge is 2.34. The second-order valence-corrected chi connectivity index (χ2v) is 10.8. The minimum atomic E-state index is -0.518. The molecule has 0 radical (unpaired) electrons. The fourth-order valence-electron chi connectivity index (χ4n) is 5.28. The van der Waals surface area contributed by atoms with Gasteiger partial charge in [0.15, 0.2) is 0 Å². The average Bonchev–Trinajstić information content (AvgIpc) is 2.96. The van der Waals surface area contributed by atoms with E-state index in [0.29, 0.717) is 45.4 Å². The van der Waals surface area contributed by atoms with Crippen LogP contribution in [0, 0.1) is 5.92 Å². The lowest BCUT2D eigenvalue weighted by Crippen LogP contribution is -2.49. The molecular weight excluding hydrogens is 496 g/mol. The second-order valence-electron chi connectivity index (χ2n) is 10.8. The van der Waals surface area contributed by atoms with Gasteiger partial charge in [-0.1, -0.05) is 37.3 Å². The number of hydrogen-bond donors (Lipinski definition) is 2. The van der Waals surface area contributed by atoms with E-state index >= 15 is 0 Å². The Morgan fingerprint density at radius 2 is 1.85 bits per heavy atom. The van der Waals surface area contributed by atoms with Gasteiger partial charge < -0.3 is 39.0 Å². The van der Waals surface area contributed by atoms with Crippen LogP contribution >= 0.6 is 0 Å². The molecule has 0 spiro atoms. The van der Waals surface area contributed by atoms with Crippen LogP contribution in [0.3, 0.4) is 0 Å². The molecule has 2 N–H and O–H groups in total. The number of nitrogens with zero attached hydrogens (tertiary/aromatic N) is 1. The van der Waals surface area contributed by atoms with E-state index in [2.05, 4.69) is 60.5 Å². The number of hydrogen-bond acceptors (Lipinski definition) is 8. The van der Waals surface area contributed by atoms with Crippen LogP contribution in [0.1, 0.15) is 42.9 Å². The first-order valence-electron chi connectivity index (χ1n) is 14.2. The van der Waals surface area contributed by atoms with E-state index < -0.39 is 6.10 Å². The Hall–Kier alpha value is -2.20. The Labute approximate surface area is 233 Å². The molecule has 2 heterocycles. The molecule has 1 saturated heterocycles. The van der Waals surface area contributed by atoms with Crippen LogP contribution in [0.4, 0.5) is 5.69 Å². The number of rotatable bonds is 14. The third-order valence-electron chi connectivity index (χ3n) is 7.92. The zero-order valence-corrected chi connectivity index (χ0v) is 23.9. The summed E-state index contributed by atoms with van der Waals surface area (Å²) in [4.78, 5) is 2.36. The van der Waals surface area contributed by atoms with E-state index in [1.807, 2.05) is 6.07 Å². The van der Waals surface area contributed by atoms with E-state index in [4.69, 9.17) is 23.7 Å². The maximum absolute atomic E-state index is 10.9. The van der Waals surface area contributed by atoms with Crippen molar-refractivity contribution in [1.29, 1.82) is 0 Å². The van der Waals surface area contributed by atoms with Crippen LogP contribution in [-0.4, -0.2) is 83.6 Å². The van der Waals surface area contributed by atoms with Gasteiger partial charge in [-0.15, -0.1) is 0 Å². The van der Waals surface area contributed by atoms with Crippen molar-refractivity contribution in [2.45, 2.75) is 57.7 Å². The van der Waals surface area contributed by atoms with Gasteiger partial charge in [-0.25, -0.2) is 0 Å². The van der Waals surface area contributed by atoms with Gasteiger partial charge in [0.05, 0.1) is 50.4 Å². The SMILES string of the molecule is COCCCN1CCOc2ccc(CO[C@H]3CNC[C@@H](O)[C@@H]3c3ccc(COC[C@@H](C)[C@H](C)OC)cc3)cc21. The quantitative estimate of drug-likeness (QED) is 0.350. The topological polar surface area (TPSA) is 81.7 Å². The van der Waals surface area contributed by atoms with E-state index in [9.17, 15) is 5.11 Å². The van der Waals surface area contributed by atoms with Gasteiger partial charge in [0.2, 0.25) is 0 Å². The molecule has 0 unspecified atom stereocenters. The Morgan fingerprint density at radius 3 is 2.62 bits per heavy atom. The lowest BCUT2D eigenvalue weighted by atomic mass is 9.85. The molecule has 39 heavy (non-hydrogen) atoms.